The Kier molecular flexibility index (Phi) is 41.2. The number of hydrogen-bond donors (Lipinski definition) is 3. The maximum atomic E-state index is 12.7. The Balaban J connectivity index is 4.36. The molecule has 0 aromatic rings. The van der Waals surface area contributed by atoms with Crippen molar-refractivity contribution in [3.05, 3.63) is 0 Å². The number of esters is 2. The third-order valence-electron chi connectivity index (χ3n) is 10.1. The predicted molar refractivity (Wildman–Crippen MR) is 233 cm³/mol. The van der Waals surface area contributed by atoms with Gasteiger partial charge in [0.2, 0.25) is 5.91 Å². The average molecular weight is 836 g/mol. The van der Waals surface area contributed by atoms with Crippen molar-refractivity contribution in [1.82, 2.24) is 5.32 Å². The second kappa shape index (κ2) is 42.0. The normalized spacial score (nSPS) is 13.0. The number of ether oxygens (including phenoxy) is 2. The molecule has 0 radical (unpaired) electrons. The molecule has 1 amide bonds. The second-order valence-corrected chi connectivity index (χ2v) is 17.5. The van der Waals surface area contributed by atoms with E-state index in [0.717, 1.165) is 38.5 Å². The number of carbonyl (C=O) groups excluding carboxylic acids is 3. The lowest BCUT2D eigenvalue weighted by Crippen LogP contribution is -2.30. The molecule has 0 spiro atoms. The van der Waals surface area contributed by atoms with Crippen LogP contribution >= 0.6 is 20.5 Å². The predicted octanol–water partition coefficient (Wildman–Crippen LogP) is 12.5. The molecular formula is C44H86NO9PS. The van der Waals surface area contributed by atoms with Gasteiger partial charge >= 0.3 is 19.8 Å². The van der Waals surface area contributed by atoms with E-state index in [-0.39, 0.29) is 44.9 Å². The van der Waals surface area contributed by atoms with Gasteiger partial charge in [0.25, 0.3) is 0 Å². The van der Waals surface area contributed by atoms with Crippen LogP contribution in [0, 0.1) is 0 Å². The maximum Gasteiger partial charge on any atom is 0.472 e. The molecule has 10 nitrogen and oxygen atoms in total. The van der Waals surface area contributed by atoms with Gasteiger partial charge in [-0.15, -0.1) is 0 Å². The van der Waals surface area contributed by atoms with Crippen molar-refractivity contribution in [1.29, 1.82) is 0 Å². The Morgan fingerprint density at radius 1 is 0.536 bits per heavy atom. The SMILES string of the molecule is CCCCCCCCCCCCCCCCCC(=O)OC[C@H](COP(=O)(O)OCCNC(=O)CCS)OC(=O)CCCCCCCCCCCCCCCCC. The summed E-state index contributed by atoms with van der Waals surface area (Å²) in [4.78, 5) is 46.9. The zero-order chi connectivity index (χ0) is 41.2. The van der Waals surface area contributed by atoms with E-state index in [0.29, 0.717) is 12.2 Å². The molecule has 0 bridgehead atoms. The number of phosphoric ester groups is 1. The smallest absolute Gasteiger partial charge is 0.462 e. The van der Waals surface area contributed by atoms with Crippen molar-refractivity contribution in [3.63, 3.8) is 0 Å². The molecule has 56 heavy (non-hydrogen) atoms. The van der Waals surface area contributed by atoms with Crippen molar-refractivity contribution in [3.8, 4) is 0 Å². The van der Waals surface area contributed by atoms with Crippen LogP contribution in [0.2, 0.25) is 0 Å². The highest BCUT2D eigenvalue weighted by atomic mass is 32.1. The minimum atomic E-state index is -4.51. The van der Waals surface area contributed by atoms with Crippen LogP contribution in [0.25, 0.3) is 0 Å². The molecular weight excluding hydrogens is 750 g/mol. The minimum absolute atomic E-state index is 0.0229. The first kappa shape index (κ1) is 54.9. The Morgan fingerprint density at radius 3 is 1.30 bits per heavy atom. The van der Waals surface area contributed by atoms with Crippen LogP contribution in [0.5, 0.6) is 0 Å². The number of rotatable bonds is 44. The van der Waals surface area contributed by atoms with E-state index < -0.39 is 32.5 Å². The van der Waals surface area contributed by atoms with Crippen LogP contribution in [0.3, 0.4) is 0 Å². The maximum absolute atomic E-state index is 12.7. The highest BCUT2D eigenvalue weighted by Gasteiger charge is 2.26. The van der Waals surface area contributed by atoms with Crippen LogP contribution in [0.4, 0.5) is 0 Å². The lowest BCUT2D eigenvalue weighted by molar-refractivity contribution is -0.161. The lowest BCUT2D eigenvalue weighted by Gasteiger charge is -2.20. The molecule has 0 aliphatic rings. The van der Waals surface area contributed by atoms with E-state index in [2.05, 4.69) is 31.8 Å². The molecule has 0 fully saturated rings. The molecule has 0 heterocycles. The molecule has 12 heteroatoms. The van der Waals surface area contributed by atoms with Crippen molar-refractivity contribution >= 4 is 38.3 Å². The van der Waals surface area contributed by atoms with E-state index >= 15 is 0 Å². The zero-order valence-corrected chi connectivity index (χ0v) is 37.8. The number of thiol groups is 1. The summed E-state index contributed by atoms with van der Waals surface area (Å²) in [5.41, 5.74) is 0. The van der Waals surface area contributed by atoms with Gasteiger partial charge in [-0.1, -0.05) is 194 Å². The summed E-state index contributed by atoms with van der Waals surface area (Å²) in [6.07, 6.45) is 36.7. The van der Waals surface area contributed by atoms with Crippen LogP contribution in [0.15, 0.2) is 0 Å². The van der Waals surface area contributed by atoms with E-state index in [4.69, 9.17) is 18.5 Å². The molecule has 2 atom stereocenters. The summed E-state index contributed by atoms with van der Waals surface area (Å²) in [6, 6.07) is 0. The molecule has 1 unspecified atom stereocenters. The van der Waals surface area contributed by atoms with Gasteiger partial charge in [-0.3, -0.25) is 23.4 Å². The van der Waals surface area contributed by atoms with Gasteiger partial charge < -0.3 is 19.7 Å². The van der Waals surface area contributed by atoms with Gasteiger partial charge in [-0.2, -0.15) is 12.6 Å². The van der Waals surface area contributed by atoms with Crippen molar-refractivity contribution in [2.24, 2.45) is 0 Å². The summed E-state index contributed by atoms with van der Waals surface area (Å²) in [5, 5.41) is 2.55. The summed E-state index contributed by atoms with van der Waals surface area (Å²) < 4.78 is 33.4. The topological polar surface area (TPSA) is 137 Å². The van der Waals surface area contributed by atoms with E-state index in [1.54, 1.807) is 0 Å². The lowest BCUT2D eigenvalue weighted by atomic mass is 10.0. The number of hydrogen-bond acceptors (Lipinski definition) is 9. The summed E-state index contributed by atoms with van der Waals surface area (Å²) >= 11 is 4.00. The molecule has 0 saturated heterocycles. The number of amides is 1. The molecule has 332 valence electrons. The molecule has 2 N–H and O–H groups in total. The van der Waals surface area contributed by atoms with Gasteiger partial charge in [-0.25, -0.2) is 4.57 Å². The largest absolute Gasteiger partial charge is 0.472 e. The highest BCUT2D eigenvalue weighted by Crippen LogP contribution is 2.43. The Labute approximate surface area is 348 Å². The average Bonchev–Trinajstić information content (AvgIpc) is 3.17. The Bertz CT molecular complexity index is 957. The van der Waals surface area contributed by atoms with E-state index in [1.807, 2.05) is 0 Å². The fourth-order valence-electron chi connectivity index (χ4n) is 6.66. The van der Waals surface area contributed by atoms with E-state index in [1.165, 1.54) is 148 Å². The van der Waals surface area contributed by atoms with Crippen LogP contribution in [-0.4, -0.2) is 61.0 Å². The van der Waals surface area contributed by atoms with Crippen LogP contribution < -0.4 is 5.32 Å². The number of unbranched alkanes of at least 4 members (excludes halogenated alkanes) is 28. The minimum Gasteiger partial charge on any atom is -0.462 e. The quantitative estimate of drug-likeness (QED) is 0.0237. The second-order valence-electron chi connectivity index (χ2n) is 15.6. The van der Waals surface area contributed by atoms with Crippen molar-refractivity contribution in [2.75, 3.05) is 32.1 Å². The van der Waals surface area contributed by atoms with Crippen LogP contribution in [-0.2, 0) is 37.5 Å². The highest BCUT2D eigenvalue weighted by molar-refractivity contribution is 7.80. The van der Waals surface area contributed by atoms with Crippen molar-refractivity contribution < 1.29 is 42.4 Å². The first-order valence-corrected chi connectivity index (χ1v) is 25.2. The fraction of sp³-hybridized carbons (Fsp3) is 0.932. The number of phosphoric acid groups is 1. The molecule has 0 aliphatic carbocycles. The summed E-state index contributed by atoms with van der Waals surface area (Å²) in [5.74, 6) is -0.724. The van der Waals surface area contributed by atoms with E-state index in [9.17, 15) is 23.8 Å². The third-order valence-corrected chi connectivity index (χ3v) is 11.3. The standard InChI is InChI=1S/C44H86NO9PS/c1-3-5-7-9-11-13-15-17-19-21-23-25-27-29-31-33-43(47)51-39-41(40-53-55(49,50)52-37-36-45-42(46)35-38-56)54-44(48)34-32-30-28-26-24-22-20-18-16-14-12-10-8-6-4-2/h41,56H,3-40H2,1-2H3,(H,45,46)(H,49,50)/t41-/m1/s1. The van der Waals surface area contributed by atoms with Crippen molar-refractivity contribution in [2.45, 2.75) is 232 Å². The van der Waals surface area contributed by atoms with Gasteiger partial charge in [0.05, 0.1) is 13.2 Å². The number of nitrogens with one attached hydrogen (secondary N) is 1. The molecule has 0 aromatic heterocycles. The molecule has 0 rings (SSSR count). The first-order chi connectivity index (χ1) is 27.2. The third kappa shape index (κ3) is 41.0. The Morgan fingerprint density at radius 2 is 0.911 bits per heavy atom. The summed E-state index contributed by atoms with van der Waals surface area (Å²) in [7, 11) is -4.51. The molecule has 0 aliphatic heterocycles. The van der Waals surface area contributed by atoms with Gasteiger partial charge in [0, 0.05) is 25.8 Å². The monoisotopic (exact) mass is 836 g/mol. The van der Waals surface area contributed by atoms with Gasteiger partial charge in [-0.05, 0) is 18.6 Å². The van der Waals surface area contributed by atoms with Crippen LogP contribution in [0.1, 0.15) is 226 Å². The van der Waals surface area contributed by atoms with Gasteiger partial charge in [0.15, 0.2) is 6.10 Å². The first-order valence-electron chi connectivity index (χ1n) is 23.1. The molecule has 0 aromatic carbocycles. The Hall–Kier alpha value is -1.13. The zero-order valence-electron chi connectivity index (χ0n) is 36.1. The number of carbonyl (C=O) groups is 3. The molecule has 0 saturated carbocycles. The summed E-state index contributed by atoms with van der Waals surface area (Å²) in [6.45, 7) is 3.54. The van der Waals surface area contributed by atoms with Gasteiger partial charge in [0.1, 0.15) is 6.61 Å². The fourth-order valence-corrected chi connectivity index (χ4v) is 7.61.